The van der Waals surface area contributed by atoms with Crippen LogP contribution in [-0.4, -0.2) is 26.7 Å². The molecule has 0 radical (unpaired) electrons. The number of para-hydroxylation sites is 1. The van der Waals surface area contributed by atoms with Crippen LogP contribution in [0.25, 0.3) is 0 Å². The van der Waals surface area contributed by atoms with Crippen LogP contribution in [0.2, 0.25) is 0 Å². The third kappa shape index (κ3) is 2.34. The maximum atomic E-state index is 12.4. The van der Waals surface area contributed by atoms with Gasteiger partial charge in [-0.25, -0.2) is 13.1 Å². The number of sulfonamides is 1. The Morgan fingerprint density at radius 2 is 2.05 bits per heavy atom. The van der Waals surface area contributed by atoms with E-state index in [0.717, 1.165) is 19.3 Å². The Kier molecular flexibility index (Phi) is 3.22. The zero-order valence-corrected chi connectivity index (χ0v) is 11.2. The number of hydrogen-bond acceptors (Lipinski definition) is 5. The van der Waals surface area contributed by atoms with E-state index >= 15 is 0 Å². The summed E-state index contributed by atoms with van der Waals surface area (Å²) < 4.78 is 33.1. The minimum atomic E-state index is -3.58. The summed E-state index contributed by atoms with van der Waals surface area (Å²) in [4.78, 5) is 0.167. The number of nitrogens with two attached hydrogens (primary N) is 1. The first-order valence-electron chi connectivity index (χ1n) is 6.33. The number of ether oxygens (including phenoxy) is 1. The van der Waals surface area contributed by atoms with E-state index in [2.05, 4.69) is 10.1 Å². The van der Waals surface area contributed by atoms with Crippen LogP contribution in [0.1, 0.15) is 19.3 Å². The molecule has 19 heavy (non-hydrogen) atoms. The van der Waals surface area contributed by atoms with Crippen LogP contribution in [0.15, 0.2) is 29.2 Å². The molecule has 3 rings (SSSR count). The fourth-order valence-corrected chi connectivity index (χ4v) is 4.29. The molecule has 2 heterocycles. The van der Waals surface area contributed by atoms with Gasteiger partial charge in [-0.2, -0.15) is 0 Å². The van der Waals surface area contributed by atoms with Gasteiger partial charge < -0.3 is 10.2 Å². The molecule has 2 saturated heterocycles. The summed E-state index contributed by atoms with van der Waals surface area (Å²) in [5, 5.41) is 0. The van der Waals surface area contributed by atoms with Crippen LogP contribution in [0.4, 0.5) is 5.69 Å². The SMILES string of the molecule is NNc1ccccc1S(=O)(=O)NC1CC2CCC1O2. The molecule has 2 bridgehead atoms. The second-order valence-electron chi connectivity index (χ2n) is 4.98. The van der Waals surface area contributed by atoms with Crippen LogP contribution in [-0.2, 0) is 14.8 Å². The molecule has 2 aliphatic rings. The Morgan fingerprint density at radius 1 is 1.26 bits per heavy atom. The first-order valence-corrected chi connectivity index (χ1v) is 7.82. The summed E-state index contributed by atoms with van der Waals surface area (Å²) in [5.41, 5.74) is 2.80. The summed E-state index contributed by atoms with van der Waals surface area (Å²) in [6.07, 6.45) is 2.93. The van der Waals surface area contributed by atoms with Gasteiger partial charge in [0.05, 0.1) is 23.9 Å². The number of fused-ring (bicyclic) bond motifs is 2. The molecule has 0 aliphatic carbocycles. The van der Waals surface area contributed by atoms with Gasteiger partial charge in [0.2, 0.25) is 10.0 Å². The van der Waals surface area contributed by atoms with Crippen LogP contribution < -0.4 is 16.0 Å². The lowest BCUT2D eigenvalue weighted by molar-refractivity contribution is 0.0996. The molecule has 7 heteroatoms. The summed E-state index contributed by atoms with van der Waals surface area (Å²) >= 11 is 0. The number of nitrogens with one attached hydrogen (secondary N) is 2. The highest BCUT2D eigenvalue weighted by Crippen LogP contribution is 2.35. The van der Waals surface area contributed by atoms with Gasteiger partial charge in [0, 0.05) is 0 Å². The van der Waals surface area contributed by atoms with Crippen molar-refractivity contribution in [3.8, 4) is 0 Å². The number of nitrogen functional groups attached to an aromatic ring is 1. The molecular weight excluding hydrogens is 266 g/mol. The van der Waals surface area contributed by atoms with Gasteiger partial charge in [-0.1, -0.05) is 12.1 Å². The monoisotopic (exact) mass is 283 g/mol. The van der Waals surface area contributed by atoms with Crippen molar-refractivity contribution in [1.82, 2.24) is 4.72 Å². The number of benzene rings is 1. The molecule has 0 saturated carbocycles. The van der Waals surface area contributed by atoms with E-state index in [-0.39, 0.29) is 23.1 Å². The number of anilines is 1. The summed E-state index contributed by atoms with van der Waals surface area (Å²) in [5.74, 6) is 5.35. The van der Waals surface area contributed by atoms with E-state index in [1.807, 2.05) is 0 Å². The Balaban J connectivity index is 1.83. The van der Waals surface area contributed by atoms with Gasteiger partial charge in [-0.3, -0.25) is 5.84 Å². The van der Waals surface area contributed by atoms with E-state index in [1.165, 1.54) is 6.07 Å². The predicted octanol–water partition coefficient (Wildman–Crippen LogP) is 0.570. The van der Waals surface area contributed by atoms with Crippen molar-refractivity contribution < 1.29 is 13.2 Å². The average Bonchev–Trinajstić information content (AvgIpc) is 3.00. The fourth-order valence-electron chi connectivity index (χ4n) is 2.84. The Bertz CT molecular complexity index is 575. The summed E-state index contributed by atoms with van der Waals surface area (Å²) in [7, 11) is -3.58. The van der Waals surface area contributed by atoms with E-state index in [9.17, 15) is 8.42 Å². The third-order valence-electron chi connectivity index (χ3n) is 3.74. The van der Waals surface area contributed by atoms with Crippen molar-refractivity contribution >= 4 is 15.7 Å². The first kappa shape index (κ1) is 12.9. The molecule has 4 N–H and O–H groups in total. The van der Waals surface area contributed by atoms with Crippen LogP contribution >= 0.6 is 0 Å². The van der Waals surface area contributed by atoms with Crippen LogP contribution in [0, 0.1) is 0 Å². The highest BCUT2D eigenvalue weighted by atomic mass is 32.2. The van der Waals surface area contributed by atoms with Crippen molar-refractivity contribution in [1.29, 1.82) is 0 Å². The number of rotatable bonds is 4. The van der Waals surface area contributed by atoms with Crippen molar-refractivity contribution in [2.75, 3.05) is 5.43 Å². The molecule has 3 atom stereocenters. The second kappa shape index (κ2) is 4.75. The quantitative estimate of drug-likeness (QED) is 0.555. The second-order valence-corrected chi connectivity index (χ2v) is 6.66. The van der Waals surface area contributed by atoms with E-state index in [0.29, 0.717) is 5.69 Å². The molecule has 2 aliphatic heterocycles. The Morgan fingerprint density at radius 3 is 2.68 bits per heavy atom. The lowest BCUT2D eigenvalue weighted by Gasteiger charge is -2.20. The van der Waals surface area contributed by atoms with Crippen molar-refractivity contribution in [3.05, 3.63) is 24.3 Å². The molecule has 3 unspecified atom stereocenters. The van der Waals surface area contributed by atoms with E-state index in [4.69, 9.17) is 10.6 Å². The topological polar surface area (TPSA) is 93.5 Å². The fraction of sp³-hybridized carbons (Fsp3) is 0.500. The average molecular weight is 283 g/mol. The smallest absolute Gasteiger partial charge is 0.243 e. The summed E-state index contributed by atoms with van der Waals surface area (Å²) in [6.45, 7) is 0. The van der Waals surface area contributed by atoms with Gasteiger partial charge in [-0.15, -0.1) is 0 Å². The Labute approximate surface area is 112 Å². The number of hydrazine groups is 1. The predicted molar refractivity (Wildman–Crippen MR) is 70.9 cm³/mol. The van der Waals surface area contributed by atoms with Crippen LogP contribution in [0.3, 0.4) is 0 Å². The van der Waals surface area contributed by atoms with E-state index in [1.54, 1.807) is 18.2 Å². The molecule has 1 aromatic rings. The highest BCUT2D eigenvalue weighted by Gasteiger charge is 2.42. The Hall–Kier alpha value is -1.15. The third-order valence-corrected chi connectivity index (χ3v) is 5.29. The minimum absolute atomic E-state index is 0.0118. The molecule has 6 nitrogen and oxygen atoms in total. The molecule has 2 fully saturated rings. The first-order chi connectivity index (χ1) is 9.10. The van der Waals surface area contributed by atoms with Gasteiger partial charge >= 0.3 is 0 Å². The van der Waals surface area contributed by atoms with Gasteiger partial charge in [0.25, 0.3) is 0 Å². The molecule has 0 amide bonds. The van der Waals surface area contributed by atoms with E-state index < -0.39 is 10.0 Å². The van der Waals surface area contributed by atoms with Crippen molar-refractivity contribution in [3.63, 3.8) is 0 Å². The molecule has 1 aromatic carbocycles. The van der Waals surface area contributed by atoms with Gasteiger partial charge in [-0.05, 0) is 31.4 Å². The number of hydrogen-bond donors (Lipinski definition) is 3. The minimum Gasteiger partial charge on any atom is -0.373 e. The molecule has 104 valence electrons. The standard InChI is InChI=1S/C12H17N3O3S/c13-14-9-3-1-2-4-12(9)19(16,17)15-10-7-8-5-6-11(10)18-8/h1-4,8,10-11,14-15H,5-7,13H2. The molecular formula is C12H17N3O3S. The normalized spacial score (nSPS) is 29.6. The zero-order valence-electron chi connectivity index (χ0n) is 10.4. The molecule has 0 spiro atoms. The molecule has 0 aromatic heterocycles. The maximum absolute atomic E-state index is 12.4. The summed E-state index contributed by atoms with van der Waals surface area (Å²) in [6, 6.07) is 6.44. The van der Waals surface area contributed by atoms with Crippen molar-refractivity contribution in [2.45, 2.75) is 42.4 Å². The maximum Gasteiger partial charge on any atom is 0.243 e. The lowest BCUT2D eigenvalue weighted by atomic mass is 9.96. The largest absolute Gasteiger partial charge is 0.373 e. The van der Waals surface area contributed by atoms with Gasteiger partial charge in [0.1, 0.15) is 4.90 Å². The highest BCUT2D eigenvalue weighted by molar-refractivity contribution is 7.89. The zero-order chi connectivity index (χ0) is 13.5. The van der Waals surface area contributed by atoms with Crippen LogP contribution in [0.5, 0.6) is 0 Å². The lowest BCUT2D eigenvalue weighted by Crippen LogP contribution is -2.41. The van der Waals surface area contributed by atoms with Gasteiger partial charge in [0.15, 0.2) is 0 Å². The van der Waals surface area contributed by atoms with Crippen molar-refractivity contribution in [2.24, 2.45) is 5.84 Å².